The Morgan fingerprint density at radius 1 is 1.23 bits per heavy atom. The third-order valence-corrected chi connectivity index (χ3v) is 5.17. The van der Waals surface area contributed by atoms with Gasteiger partial charge in [0.05, 0.1) is 0 Å². The van der Waals surface area contributed by atoms with Crippen LogP contribution >= 0.6 is 11.3 Å². The standard InChI is InChI=1S/C20H16OS/c21-19(17-8-11-22-14-17)16-7-10-20(13-18(20)12-16)9-6-15-4-2-1-3-5-15/h1-12,14,18H,13H2/b9-6+. The molecule has 1 aromatic heterocycles. The molecule has 2 aliphatic carbocycles. The van der Waals surface area contributed by atoms with Crippen molar-refractivity contribution in [2.75, 3.05) is 0 Å². The van der Waals surface area contributed by atoms with Crippen LogP contribution in [0.3, 0.4) is 0 Å². The Hall–Kier alpha value is -2.19. The molecule has 1 aromatic carbocycles. The van der Waals surface area contributed by atoms with Gasteiger partial charge in [0.2, 0.25) is 0 Å². The highest BCUT2D eigenvalue weighted by molar-refractivity contribution is 7.08. The van der Waals surface area contributed by atoms with Gasteiger partial charge in [-0.2, -0.15) is 11.3 Å². The Kier molecular flexibility index (Phi) is 3.20. The third kappa shape index (κ3) is 2.40. The number of benzene rings is 1. The van der Waals surface area contributed by atoms with Gasteiger partial charge in [-0.25, -0.2) is 0 Å². The Bertz CT molecular complexity index is 780. The van der Waals surface area contributed by atoms with E-state index in [-0.39, 0.29) is 11.2 Å². The summed E-state index contributed by atoms with van der Waals surface area (Å²) < 4.78 is 0. The molecule has 0 radical (unpaired) electrons. The molecule has 2 aromatic rings. The zero-order valence-corrected chi connectivity index (χ0v) is 12.9. The minimum atomic E-state index is 0.133. The summed E-state index contributed by atoms with van der Waals surface area (Å²) in [6, 6.07) is 12.2. The minimum Gasteiger partial charge on any atom is -0.289 e. The second-order valence-corrected chi connectivity index (χ2v) is 6.74. The van der Waals surface area contributed by atoms with E-state index in [0.717, 1.165) is 17.6 Å². The summed E-state index contributed by atoms with van der Waals surface area (Å²) in [4.78, 5) is 12.4. The first-order valence-corrected chi connectivity index (χ1v) is 8.43. The van der Waals surface area contributed by atoms with E-state index in [4.69, 9.17) is 0 Å². The van der Waals surface area contributed by atoms with E-state index in [1.807, 2.05) is 29.0 Å². The molecular formula is C20H16OS. The molecule has 0 aliphatic heterocycles. The van der Waals surface area contributed by atoms with Crippen molar-refractivity contribution in [2.45, 2.75) is 6.42 Å². The monoisotopic (exact) mass is 304 g/mol. The second kappa shape index (κ2) is 5.22. The molecule has 2 aliphatic rings. The average molecular weight is 304 g/mol. The molecule has 0 saturated heterocycles. The van der Waals surface area contributed by atoms with Crippen LogP contribution in [-0.4, -0.2) is 5.78 Å². The van der Waals surface area contributed by atoms with Crippen molar-refractivity contribution in [3.8, 4) is 0 Å². The lowest BCUT2D eigenvalue weighted by Gasteiger charge is -2.11. The number of allylic oxidation sites excluding steroid dienone is 5. The first-order valence-electron chi connectivity index (χ1n) is 7.49. The maximum atomic E-state index is 12.4. The van der Waals surface area contributed by atoms with E-state index in [0.29, 0.717) is 5.92 Å². The van der Waals surface area contributed by atoms with Crippen molar-refractivity contribution < 1.29 is 4.79 Å². The lowest BCUT2D eigenvalue weighted by molar-refractivity contribution is 0.103. The molecule has 1 nitrogen and oxygen atoms in total. The smallest absolute Gasteiger partial charge is 0.193 e. The van der Waals surface area contributed by atoms with Crippen molar-refractivity contribution in [3.63, 3.8) is 0 Å². The van der Waals surface area contributed by atoms with Gasteiger partial charge in [0.1, 0.15) is 0 Å². The summed E-state index contributed by atoms with van der Waals surface area (Å²) in [6.07, 6.45) is 11.9. The molecule has 0 amide bonds. The molecule has 2 atom stereocenters. The molecule has 0 N–H and O–H groups in total. The van der Waals surface area contributed by atoms with Crippen molar-refractivity contribution in [1.29, 1.82) is 0 Å². The summed E-state index contributed by atoms with van der Waals surface area (Å²) in [7, 11) is 0. The molecule has 1 fully saturated rings. The summed E-state index contributed by atoms with van der Waals surface area (Å²) in [5.74, 6) is 0.611. The topological polar surface area (TPSA) is 17.1 Å². The van der Waals surface area contributed by atoms with Crippen LogP contribution in [0.2, 0.25) is 0 Å². The fourth-order valence-electron chi connectivity index (χ4n) is 3.02. The van der Waals surface area contributed by atoms with Gasteiger partial charge in [-0.3, -0.25) is 4.79 Å². The van der Waals surface area contributed by atoms with Crippen LogP contribution in [0, 0.1) is 11.3 Å². The zero-order chi connectivity index (χ0) is 15.0. The number of thiophene rings is 1. The van der Waals surface area contributed by atoms with Crippen LogP contribution in [0.4, 0.5) is 0 Å². The number of ketones is 1. The molecular weight excluding hydrogens is 288 g/mol. The van der Waals surface area contributed by atoms with E-state index < -0.39 is 0 Å². The van der Waals surface area contributed by atoms with E-state index in [2.05, 4.69) is 48.6 Å². The van der Waals surface area contributed by atoms with E-state index in [1.54, 1.807) is 11.3 Å². The fourth-order valence-corrected chi connectivity index (χ4v) is 3.66. The predicted molar refractivity (Wildman–Crippen MR) is 91.9 cm³/mol. The number of hydrogen-bond acceptors (Lipinski definition) is 2. The van der Waals surface area contributed by atoms with Gasteiger partial charge < -0.3 is 0 Å². The maximum absolute atomic E-state index is 12.4. The summed E-state index contributed by atoms with van der Waals surface area (Å²) in [5, 5.41) is 3.87. The normalized spacial score (nSPS) is 25.8. The fraction of sp³-hybridized carbons (Fsp3) is 0.150. The van der Waals surface area contributed by atoms with Crippen molar-refractivity contribution in [3.05, 3.63) is 88.2 Å². The number of carbonyl (C=O) groups is 1. The van der Waals surface area contributed by atoms with Crippen molar-refractivity contribution >= 4 is 23.2 Å². The minimum absolute atomic E-state index is 0.133. The molecule has 0 bridgehead atoms. The molecule has 0 spiro atoms. The summed E-state index contributed by atoms with van der Waals surface area (Å²) >= 11 is 1.56. The maximum Gasteiger partial charge on any atom is 0.193 e. The largest absolute Gasteiger partial charge is 0.289 e. The Balaban J connectivity index is 1.51. The lowest BCUT2D eigenvalue weighted by atomic mass is 9.92. The number of hydrogen-bond donors (Lipinski definition) is 0. The molecule has 2 heteroatoms. The quantitative estimate of drug-likeness (QED) is 0.714. The first-order chi connectivity index (χ1) is 10.8. The first kappa shape index (κ1) is 13.5. The number of carbonyl (C=O) groups excluding carboxylic acids is 1. The van der Waals surface area contributed by atoms with Gasteiger partial charge in [-0.15, -0.1) is 0 Å². The molecule has 22 heavy (non-hydrogen) atoms. The van der Waals surface area contributed by atoms with Gasteiger partial charge in [-0.1, -0.05) is 60.7 Å². The van der Waals surface area contributed by atoms with E-state index in [9.17, 15) is 4.79 Å². The highest BCUT2D eigenvalue weighted by atomic mass is 32.1. The van der Waals surface area contributed by atoms with Crippen LogP contribution in [0.1, 0.15) is 22.3 Å². The van der Waals surface area contributed by atoms with Crippen LogP contribution in [-0.2, 0) is 0 Å². The van der Waals surface area contributed by atoms with Gasteiger partial charge in [-0.05, 0) is 29.3 Å². The van der Waals surface area contributed by atoms with Crippen LogP contribution in [0.25, 0.3) is 6.08 Å². The molecule has 1 heterocycles. The Morgan fingerprint density at radius 2 is 2.09 bits per heavy atom. The SMILES string of the molecule is O=C(C1=CC2CC2(/C=C/c2ccccc2)C=C1)c1ccsc1. The van der Waals surface area contributed by atoms with Crippen LogP contribution in [0.15, 0.2) is 77.0 Å². The highest BCUT2D eigenvalue weighted by Gasteiger charge is 2.50. The molecule has 108 valence electrons. The zero-order valence-electron chi connectivity index (χ0n) is 12.1. The second-order valence-electron chi connectivity index (χ2n) is 5.96. The molecule has 1 saturated carbocycles. The molecule has 2 unspecified atom stereocenters. The van der Waals surface area contributed by atoms with E-state index >= 15 is 0 Å². The number of Topliss-reactive ketones (excluding diaryl/α,β-unsaturated/α-hetero) is 1. The van der Waals surface area contributed by atoms with Gasteiger partial charge >= 0.3 is 0 Å². The van der Waals surface area contributed by atoms with E-state index in [1.165, 1.54) is 5.56 Å². The summed E-state index contributed by atoms with van der Waals surface area (Å²) in [6.45, 7) is 0. The highest BCUT2D eigenvalue weighted by Crippen LogP contribution is 2.58. The number of fused-ring (bicyclic) bond motifs is 1. The summed E-state index contributed by atoms with van der Waals surface area (Å²) in [5.41, 5.74) is 2.99. The van der Waals surface area contributed by atoms with Crippen LogP contribution < -0.4 is 0 Å². The van der Waals surface area contributed by atoms with Crippen molar-refractivity contribution in [2.24, 2.45) is 11.3 Å². The van der Waals surface area contributed by atoms with Gasteiger partial charge in [0, 0.05) is 21.9 Å². The van der Waals surface area contributed by atoms with Crippen LogP contribution in [0.5, 0.6) is 0 Å². The van der Waals surface area contributed by atoms with Gasteiger partial charge in [0.25, 0.3) is 0 Å². The molecule has 4 rings (SSSR count). The predicted octanol–water partition coefficient (Wildman–Crippen LogP) is 5.15. The van der Waals surface area contributed by atoms with Crippen molar-refractivity contribution in [1.82, 2.24) is 0 Å². The third-order valence-electron chi connectivity index (χ3n) is 4.49. The van der Waals surface area contributed by atoms with Gasteiger partial charge in [0.15, 0.2) is 5.78 Å². The Morgan fingerprint density at radius 3 is 2.82 bits per heavy atom. The number of rotatable bonds is 4. The average Bonchev–Trinajstić information content (AvgIpc) is 3.01. The lowest BCUT2D eigenvalue weighted by Crippen LogP contribution is -2.06. The Labute approximate surface area is 134 Å².